The number of hydrogen-bond acceptors (Lipinski definition) is 6. The first kappa shape index (κ1) is 54.4. The topological polar surface area (TPSA) is 78.9 Å². The van der Waals surface area contributed by atoms with Gasteiger partial charge in [0, 0.05) is 19.3 Å². The van der Waals surface area contributed by atoms with E-state index in [0.29, 0.717) is 19.3 Å². The highest BCUT2D eigenvalue weighted by Crippen LogP contribution is 2.17. The van der Waals surface area contributed by atoms with Crippen molar-refractivity contribution >= 4 is 17.9 Å². The van der Waals surface area contributed by atoms with Crippen LogP contribution in [0.15, 0.2) is 0 Å². The van der Waals surface area contributed by atoms with Crippen LogP contribution in [-0.4, -0.2) is 37.2 Å². The summed E-state index contributed by atoms with van der Waals surface area (Å²) in [6.07, 6.45) is 45.3. The second kappa shape index (κ2) is 44.5. The molecule has 0 aliphatic rings. The molecule has 0 aromatic rings. The first-order valence-electron chi connectivity index (χ1n) is 24.9. The third-order valence-electron chi connectivity index (χ3n) is 11.3. The van der Waals surface area contributed by atoms with Crippen molar-refractivity contribution in [2.24, 2.45) is 5.92 Å². The zero-order valence-corrected chi connectivity index (χ0v) is 38.1. The molecule has 0 bridgehead atoms. The molecule has 0 fully saturated rings. The van der Waals surface area contributed by atoms with Gasteiger partial charge in [-0.15, -0.1) is 0 Å². The molecule has 0 unspecified atom stereocenters. The van der Waals surface area contributed by atoms with Gasteiger partial charge < -0.3 is 14.2 Å². The Hall–Kier alpha value is -1.59. The summed E-state index contributed by atoms with van der Waals surface area (Å²) in [6, 6.07) is 0. The summed E-state index contributed by atoms with van der Waals surface area (Å²) in [5, 5.41) is 0. The van der Waals surface area contributed by atoms with Gasteiger partial charge in [0.05, 0.1) is 0 Å². The zero-order valence-electron chi connectivity index (χ0n) is 38.1. The Labute approximate surface area is 348 Å². The van der Waals surface area contributed by atoms with Crippen LogP contribution in [0.1, 0.15) is 278 Å². The molecule has 0 amide bonds. The van der Waals surface area contributed by atoms with E-state index in [2.05, 4.69) is 27.7 Å². The van der Waals surface area contributed by atoms with E-state index in [1.807, 2.05) is 0 Å². The van der Waals surface area contributed by atoms with Crippen LogP contribution in [-0.2, 0) is 28.6 Å². The minimum Gasteiger partial charge on any atom is -0.462 e. The fourth-order valence-electron chi connectivity index (χ4n) is 7.51. The minimum absolute atomic E-state index is 0.0634. The molecular weight excluding hydrogens is 697 g/mol. The summed E-state index contributed by atoms with van der Waals surface area (Å²) in [5.74, 6) is -0.00227. The largest absolute Gasteiger partial charge is 0.462 e. The van der Waals surface area contributed by atoms with Crippen LogP contribution in [0.2, 0.25) is 0 Å². The van der Waals surface area contributed by atoms with Crippen molar-refractivity contribution in [2.75, 3.05) is 13.2 Å². The highest BCUT2D eigenvalue weighted by molar-refractivity contribution is 5.71. The molecule has 0 radical (unpaired) electrons. The molecule has 0 spiro atoms. The van der Waals surface area contributed by atoms with Crippen LogP contribution in [0.5, 0.6) is 0 Å². The lowest BCUT2D eigenvalue weighted by molar-refractivity contribution is -0.167. The van der Waals surface area contributed by atoms with Crippen LogP contribution >= 0.6 is 0 Å². The lowest BCUT2D eigenvalue weighted by Crippen LogP contribution is -2.30. The fraction of sp³-hybridized carbons (Fsp3) is 0.940. The SMILES string of the molecule is CCCCCCCCCCCCCCC(=O)OC[C@@H](COC(=O)CCCCCCCCC)OC(=O)CCCCCCCCCCCCCCCCCCC(C)C. The van der Waals surface area contributed by atoms with Gasteiger partial charge in [-0.25, -0.2) is 0 Å². The molecule has 0 saturated carbocycles. The van der Waals surface area contributed by atoms with Crippen molar-refractivity contribution in [1.29, 1.82) is 0 Å². The highest BCUT2D eigenvalue weighted by atomic mass is 16.6. The predicted molar refractivity (Wildman–Crippen MR) is 238 cm³/mol. The number of rotatable bonds is 45. The summed E-state index contributed by atoms with van der Waals surface area (Å²) in [6.45, 7) is 8.99. The molecule has 1 atom stereocenters. The van der Waals surface area contributed by atoms with Crippen LogP contribution in [0.3, 0.4) is 0 Å². The lowest BCUT2D eigenvalue weighted by atomic mass is 10.0. The Morgan fingerprint density at radius 3 is 0.875 bits per heavy atom. The van der Waals surface area contributed by atoms with E-state index in [0.717, 1.165) is 63.7 Å². The maximum absolute atomic E-state index is 12.7. The van der Waals surface area contributed by atoms with E-state index in [-0.39, 0.29) is 31.1 Å². The van der Waals surface area contributed by atoms with Gasteiger partial charge in [-0.05, 0) is 25.2 Å². The summed E-state index contributed by atoms with van der Waals surface area (Å²) < 4.78 is 16.7. The normalized spacial score (nSPS) is 11.9. The Morgan fingerprint density at radius 1 is 0.339 bits per heavy atom. The summed E-state index contributed by atoms with van der Waals surface area (Å²) >= 11 is 0. The van der Waals surface area contributed by atoms with Gasteiger partial charge in [0.25, 0.3) is 0 Å². The Morgan fingerprint density at radius 2 is 0.589 bits per heavy atom. The van der Waals surface area contributed by atoms with Crippen LogP contribution in [0, 0.1) is 5.92 Å². The summed E-state index contributed by atoms with van der Waals surface area (Å²) in [7, 11) is 0. The molecule has 6 nitrogen and oxygen atoms in total. The third kappa shape index (κ3) is 43.5. The molecule has 332 valence electrons. The van der Waals surface area contributed by atoms with Crippen LogP contribution in [0.4, 0.5) is 0 Å². The maximum atomic E-state index is 12.7. The molecule has 0 rings (SSSR count). The number of carbonyl (C=O) groups is 3. The molecule has 0 aliphatic carbocycles. The van der Waals surface area contributed by atoms with Crippen molar-refractivity contribution in [2.45, 2.75) is 284 Å². The second-order valence-corrected chi connectivity index (χ2v) is 17.6. The summed E-state index contributed by atoms with van der Waals surface area (Å²) in [4.78, 5) is 37.7. The molecule has 56 heavy (non-hydrogen) atoms. The molecule has 0 aliphatic heterocycles. The second-order valence-electron chi connectivity index (χ2n) is 17.6. The Bertz CT molecular complexity index is 841. The first-order chi connectivity index (χ1) is 27.4. The standard InChI is InChI=1S/C50H96O6/c1-5-7-9-11-13-14-15-23-26-30-34-38-42-49(52)55-45-47(44-54-48(51)41-37-33-28-12-10-8-6-2)56-50(53)43-39-35-31-27-24-21-19-17-16-18-20-22-25-29-32-36-40-46(3)4/h46-47H,5-45H2,1-4H3/t47-/m1/s1. The molecule has 0 aromatic heterocycles. The maximum Gasteiger partial charge on any atom is 0.306 e. The van der Waals surface area contributed by atoms with Gasteiger partial charge in [-0.2, -0.15) is 0 Å². The molecule has 0 aromatic carbocycles. The highest BCUT2D eigenvalue weighted by Gasteiger charge is 2.19. The van der Waals surface area contributed by atoms with Crippen molar-refractivity contribution in [3.63, 3.8) is 0 Å². The quantitative estimate of drug-likeness (QED) is 0.0347. The number of esters is 3. The summed E-state index contributed by atoms with van der Waals surface area (Å²) in [5.41, 5.74) is 0. The van der Waals surface area contributed by atoms with Crippen LogP contribution in [0.25, 0.3) is 0 Å². The smallest absolute Gasteiger partial charge is 0.306 e. The van der Waals surface area contributed by atoms with Gasteiger partial charge in [-0.1, -0.05) is 240 Å². The van der Waals surface area contributed by atoms with Gasteiger partial charge in [0.15, 0.2) is 6.10 Å². The van der Waals surface area contributed by atoms with E-state index in [4.69, 9.17) is 14.2 Å². The predicted octanol–water partition coefficient (Wildman–Crippen LogP) is 15.9. The van der Waals surface area contributed by atoms with Crippen molar-refractivity contribution in [3.8, 4) is 0 Å². The van der Waals surface area contributed by atoms with Crippen molar-refractivity contribution in [3.05, 3.63) is 0 Å². The van der Waals surface area contributed by atoms with E-state index in [9.17, 15) is 14.4 Å². The molecule has 0 heterocycles. The molecule has 0 N–H and O–H groups in total. The van der Waals surface area contributed by atoms with Gasteiger partial charge in [0.1, 0.15) is 13.2 Å². The van der Waals surface area contributed by atoms with E-state index in [1.165, 1.54) is 173 Å². The Balaban J connectivity index is 4.18. The zero-order chi connectivity index (χ0) is 41.0. The van der Waals surface area contributed by atoms with E-state index >= 15 is 0 Å². The van der Waals surface area contributed by atoms with Gasteiger partial charge in [-0.3, -0.25) is 14.4 Å². The van der Waals surface area contributed by atoms with Crippen LogP contribution < -0.4 is 0 Å². The Kier molecular flexibility index (Phi) is 43.2. The first-order valence-corrected chi connectivity index (χ1v) is 24.9. The minimum atomic E-state index is -0.758. The fourth-order valence-corrected chi connectivity index (χ4v) is 7.51. The lowest BCUT2D eigenvalue weighted by Gasteiger charge is -2.18. The van der Waals surface area contributed by atoms with Gasteiger partial charge in [0.2, 0.25) is 0 Å². The molecule has 6 heteroatoms. The number of unbranched alkanes of at least 4 members (excludes halogenated alkanes) is 32. The number of ether oxygens (including phenoxy) is 3. The monoisotopic (exact) mass is 793 g/mol. The average Bonchev–Trinajstić information content (AvgIpc) is 3.18. The number of carbonyl (C=O) groups excluding carboxylic acids is 3. The number of hydrogen-bond donors (Lipinski definition) is 0. The van der Waals surface area contributed by atoms with E-state index < -0.39 is 6.10 Å². The van der Waals surface area contributed by atoms with Crippen molar-refractivity contribution < 1.29 is 28.6 Å². The van der Waals surface area contributed by atoms with E-state index in [1.54, 1.807) is 0 Å². The molecule has 0 saturated heterocycles. The van der Waals surface area contributed by atoms with Crippen molar-refractivity contribution in [1.82, 2.24) is 0 Å². The van der Waals surface area contributed by atoms with Gasteiger partial charge >= 0.3 is 17.9 Å². The average molecular weight is 793 g/mol. The third-order valence-corrected chi connectivity index (χ3v) is 11.3. The molecular formula is C50H96O6.